The summed E-state index contributed by atoms with van der Waals surface area (Å²) in [4.78, 5) is 36.9. The molecule has 0 aliphatic heterocycles. The lowest BCUT2D eigenvalue weighted by molar-refractivity contribution is -0.131. The Morgan fingerprint density at radius 1 is 1.26 bits per heavy atom. The van der Waals surface area contributed by atoms with Crippen molar-refractivity contribution in [3.8, 4) is 0 Å². The maximum Gasteiger partial charge on any atom is 0.407 e. The molecular weight excluding hydrogens is 342 g/mol. The van der Waals surface area contributed by atoms with Crippen molar-refractivity contribution < 1.29 is 19.1 Å². The molecule has 0 aromatic heterocycles. The van der Waals surface area contributed by atoms with E-state index >= 15 is 0 Å². The quantitative estimate of drug-likeness (QED) is 0.805. The smallest absolute Gasteiger partial charge is 0.407 e. The largest absolute Gasteiger partial charge is 0.450 e. The highest BCUT2D eigenvalue weighted by Gasteiger charge is 2.60. The van der Waals surface area contributed by atoms with E-state index < -0.39 is 6.09 Å². The van der Waals surface area contributed by atoms with Crippen molar-refractivity contribution >= 4 is 17.7 Å². The van der Waals surface area contributed by atoms with Crippen LogP contribution < -0.4 is 5.32 Å². The molecule has 0 aromatic carbocycles. The molecule has 1 amide bonds. The van der Waals surface area contributed by atoms with Crippen molar-refractivity contribution in [3.05, 3.63) is 23.8 Å². The van der Waals surface area contributed by atoms with Crippen LogP contribution in [0.15, 0.2) is 23.8 Å². The van der Waals surface area contributed by atoms with Gasteiger partial charge in [0.15, 0.2) is 5.78 Å². The standard InChI is InChI=1S/C22H29NO4/c1-4-27-20(26)23-18-12-14-15-5-6-19(25)22(15,3)10-8-16(14)21(2)9-7-13(24)11-17(18)21/h7,9,11,14-16,18H,4-6,8,10,12H2,1-3H3,(H,23,26)/t14-,15-,16-,18-,21+,22-/m0/s1. The van der Waals surface area contributed by atoms with Gasteiger partial charge in [0.2, 0.25) is 0 Å². The fraction of sp³-hybridized carbons (Fsp3) is 0.682. The average Bonchev–Trinajstić information content (AvgIpc) is 2.92. The minimum Gasteiger partial charge on any atom is -0.450 e. The molecule has 4 rings (SSSR count). The Kier molecular flexibility index (Phi) is 4.32. The number of rotatable bonds is 2. The predicted molar refractivity (Wildman–Crippen MR) is 101 cm³/mol. The van der Waals surface area contributed by atoms with E-state index in [0.29, 0.717) is 36.6 Å². The van der Waals surface area contributed by atoms with Gasteiger partial charge in [-0.2, -0.15) is 0 Å². The first-order valence-electron chi connectivity index (χ1n) is 10.2. The van der Waals surface area contributed by atoms with Crippen molar-refractivity contribution in [3.63, 3.8) is 0 Å². The van der Waals surface area contributed by atoms with Gasteiger partial charge in [0, 0.05) is 17.3 Å². The number of hydrogen-bond donors (Lipinski definition) is 1. The zero-order valence-electron chi connectivity index (χ0n) is 16.4. The number of allylic oxidation sites excluding steroid dienone is 3. The fourth-order valence-electron chi connectivity index (χ4n) is 6.50. The van der Waals surface area contributed by atoms with Gasteiger partial charge < -0.3 is 10.1 Å². The molecule has 5 nitrogen and oxygen atoms in total. The average molecular weight is 371 g/mol. The monoisotopic (exact) mass is 371 g/mol. The third-order valence-electron chi connectivity index (χ3n) is 7.88. The topological polar surface area (TPSA) is 72.5 Å². The van der Waals surface area contributed by atoms with Crippen LogP contribution in [0, 0.1) is 28.6 Å². The zero-order chi connectivity index (χ0) is 19.4. The van der Waals surface area contributed by atoms with E-state index in [2.05, 4.69) is 19.2 Å². The molecular formula is C22H29NO4. The minimum absolute atomic E-state index is 0.0201. The van der Waals surface area contributed by atoms with Gasteiger partial charge in [-0.1, -0.05) is 19.9 Å². The molecule has 146 valence electrons. The Bertz CT molecular complexity index is 753. The number of alkyl carbamates (subject to hydrolysis) is 1. The first kappa shape index (κ1) is 18.5. The summed E-state index contributed by atoms with van der Waals surface area (Å²) in [7, 11) is 0. The lowest BCUT2D eigenvalue weighted by Crippen LogP contribution is -2.56. The number of Topliss-reactive ketones (excluding diaryl/α,β-unsaturated/α-hetero) is 1. The van der Waals surface area contributed by atoms with Crippen LogP contribution in [-0.2, 0) is 14.3 Å². The Balaban J connectivity index is 1.71. The maximum atomic E-state index is 12.6. The van der Waals surface area contributed by atoms with Gasteiger partial charge in [0.1, 0.15) is 5.78 Å². The van der Waals surface area contributed by atoms with Crippen LogP contribution in [-0.4, -0.2) is 30.3 Å². The number of carbonyl (C=O) groups is 3. The molecule has 0 unspecified atom stereocenters. The summed E-state index contributed by atoms with van der Waals surface area (Å²) in [6, 6.07) is -0.220. The van der Waals surface area contributed by atoms with Crippen LogP contribution in [0.3, 0.4) is 0 Å². The molecule has 0 heterocycles. The highest BCUT2D eigenvalue weighted by Crippen LogP contribution is 2.63. The maximum absolute atomic E-state index is 12.6. The molecule has 5 heteroatoms. The Hall–Kier alpha value is -1.91. The van der Waals surface area contributed by atoms with E-state index in [4.69, 9.17) is 4.74 Å². The minimum atomic E-state index is -0.438. The van der Waals surface area contributed by atoms with Gasteiger partial charge in [-0.15, -0.1) is 0 Å². The fourth-order valence-corrected chi connectivity index (χ4v) is 6.50. The molecule has 4 aliphatic rings. The Labute approximate surface area is 160 Å². The first-order chi connectivity index (χ1) is 12.8. The van der Waals surface area contributed by atoms with Crippen LogP contribution in [0.5, 0.6) is 0 Å². The van der Waals surface area contributed by atoms with Gasteiger partial charge in [0.05, 0.1) is 12.6 Å². The van der Waals surface area contributed by atoms with Crippen molar-refractivity contribution in [2.75, 3.05) is 6.61 Å². The van der Waals surface area contributed by atoms with Crippen LogP contribution in [0.2, 0.25) is 0 Å². The molecule has 3 saturated carbocycles. The van der Waals surface area contributed by atoms with E-state index in [9.17, 15) is 14.4 Å². The number of nitrogens with one attached hydrogen (secondary N) is 1. The molecule has 1 N–H and O–H groups in total. The number of ketones is 2. The molecule has 3 fully saturated rings. The van der Waals surface area contributed by atoms with Crippen LogP contribution in [0.25, 0.3) is 0 Å². The summed E-state index contributed by atoms with van der Waals surface area (Å²) in [6.07, 6.45) is 9.30. The van der Waals surface area contributed by atoms with E-state index in [1.807, 2.05) is 6.08 Å². The van der Waals surface area contributed by atoms with E-state index in [1.165, 1.54) is 0 Å². The van der Waals surface area contributed by atoms with Gasteiger partial charge in [-0.05, 0) is 68.1 Å². The van der Waals surface area contributed by atoms with E-state index in [1.54, 1.807) is 19.1 Å². The van der Waals surface area contributed by atoms with Gasteiger partial charge >= 0.3 is 6.09 Å². The molecule has 27 heavy (non-hydrogen) atoms. The Morgan fingerprint density at radius 3 is 2.78 bits per heavy atom. The van der Waals surface area contributed by atoms with Crippen LogP contribution in [0.4, 0.5) is 4.79 Å². The molecule has 0 radical (unpaired) electrons. The van der Waals surface area contributed by atoms with Crippen molar-refractivity contribution in [2.24, 2.45) is 28.6 Å². The second-order valence-corrected chi connectivity index (χ2v) is 9.07. The Morgan fingerprint density at radius 2 is 2.04 bits per heavy atom. The summed E-state index contributed by atoms with van der Waals surface area (Å²) < 4.78 is 5.11. The highest BCUT2D eigenvalue weighted by molar-refractivity contribution is 6.01. The summed E-state index contributed by atoms with van der Waals surface area (Å²) in [6.45, 7) is 6.43. The van der Waals surface area contributed by atoms with Crippen molar-refractivity contribution in [1.29, 1.82) is 0 Å². The van der Waals surface area contributed by atoms with Gasteiger partial charge in [-0.25, -0.2) is 4.79 Å². The van der Waals surface area contributed by atoms with E-state index in [0.717, 1.165) is 31.3 Å². The summed E-state index contributed by atoms with van der Waals surface area (Å²) in [5.41, 5.74) is 0.521. The number of fused-ring (bicyclic) bond motifs is 5. The van der Waals surface area contributed by atoms with Crippen LogP contribution in [0.1, 0.15) is 52.9 Å². The van der Waals surface area contributed by atoms with E-state index in [-0.39, 0.29) is 22.7 Å². The summed E-state index contributed by atoms with van der Waals surface area (Å²) >= 11 is 0. The molecule has 0 bridgehead atoms. The lowest BCUT2D eigenvalue weighted by Gasteiger charge is -2.57. The third kappa shape index (κ3) is 2.69. The first-order valence-corrected chi connectivity index (χ1v) is 10.2. The summed E-state index contributed by atoms with van der Waals surface area (Å²) in [5.74, 6) is 1.51. The SMILES string of the molecule is CCOC(=O)N[C@H]1C[C@@H]2[C@H](CC[C@]3(C)C(=O)CC[C@@H]23)[C@@]2(C)C=CC(=O)C=C12. The van der Waals surface area contributed by atoms with Crippen LogP contribution >= 0.6 is 0 Å². The molecule has 0 aromatic rings. The third-order valence-corrected chi connectivity index (χ3v) is 7.88. The number of amides is 1. The predicted octanol–water partition coefficient (Wildman–Crippen LogP) is 3.59. The molecule has 4 aliphatic carbocycles. The van der Waals surface area contributed by atoms with Gasteiger partial charge in [0.25, 0.3) is 0 Å². The summed E-state index contributed by atoms with van der Waals surface area (Å²) in [5, 5.41) is 3.00. The molecule has 0 saturated heterocycles. The van der Waals surface area contributed by atoms with Gasteiger partial charge in [-0.3, -0.25) is 9.59 Å². The normalized spacial score (nSPS) is 42.7. The molecule has 0 spiro atoms. The number of ether oxygens (including phenoxy) is 1. The second kappa shape index (κ2) is 6.32. The highest BCUT2D eigenvalue weighted by atomic mass is 16.5. The lowest BCUT2D eigenvalue weighted by atomic mass is 9.47. The van der Waals surface area contributed by atoms with Crippen molar-refractivity contribution in [2.45, 2.75) is 58.9 Å². The number of carbonyl (C=O) groups excluding carboxylic acids is 3. The zero-order valence-corrected chi connectivity index (χ0v) is 16.4. The second-order valence-electron chi connectivity index (χ2n) is 9.07. The number of hydrogen-bond acceptors (Lipinski definition) is 4. The molecule has 6 atom stereocenters. The van der Waals surface area contributed by atoms with Crippen molar-refractivity contribution in [1.82, 2.24) is 5.32 Å².